The first kappa shape index (κ1) is 9.99. The van der Waals surface area contributed by atoms with E-state index in [1.54, 1.807) is 11.3 Å². The maximum Gasteiger partial charge on any atom is 0.258 e. The lowest BCUT2D eigenvalue weighted by atomic mass is 10.1. The van der Waals surface area contributed by atoms with Crippen molar-refractivity contribution in [1.82, 2.24) is 10.2 Å². The minimum atomic E-state index is 0.279. The second-order valence-electron chi connectivity index (χ2n) is 3.94. The number of aryl methyl sites for hydroxylation is 1. The number of thiophene rings is 1. The molecule has 2 aromatic rings. The average molecular weight is 236 g/mol. The van der Waals surface area contributed by atoms with Gasteiger partial charge in [0.05, 0.1) is 17.4 Å². The van der Waals surface area contributed by atoms with Gasteiger partial charge in [0.1, 0.15) is 0 Å². The Morgan fingerprint density at radius 2 is 2.38 bits per heavy atom. The minimum Gasteiger partial charge on any atom is -0.420 e. The molecule has 0 aliphatic carbocycles. The zero-order valence-corrected chi connectivity index (χ0v) is 9.79. The van der Waals surface area contributed by atoms with Gasteiger partial charge in [-0.05, 0) is 30.4 Å². The van der Waals surface area contributed by atoms with Gasteiger partial charge in [-0.25, -0.2) is 0 Å². The topological polar surface area (TPSA) is 48.2 Å². The van der Waals surface area contributed by atoms with Gasteiger partial charge in [-0.2, -0.15) is 0 Å². The van der Waals surface area contributed by atoms with Gasteiger partial charge in [0.25, 0.3) is 5.89 Å². The minimum absolute atomic E-state index is 0.279. The zero-order valence-electron chi connectivity index (χ0n) is 8.97. The van der Waals surface area contributed by atoms with Gasteiger partial charge in [0.2, 0.25) is 5.89 Å². The SMILES string of the molecule is Cc1ccsc1-c1nnc([C@@H]2CCOC2)o1. The summed E-state index contributed by atoms with van der Waals surface area (Å²) in [6.45, 7) is 3.54. The highest BCUT2D eigenvalue weighted by Crippen LogP contribution is 2.31. The molecule has 84 valence electrons. The molecule has 0 spiro atoms. The van der Waals surface area contributed by atoms with Crippen LogP contribution in [0.15, 0.2) is 15.9 Å². The third-order valence-electron chi connectivity index (χ3n) is 2.78. The molecule has 2 aromatic heterocycles. The average Bonchev–Trinajstić information content (AvgIpc) is 2.96. The molecule has 0 N–H and O–H groups in total. The monoisotopic (exact) mass is 236 g/mol. The summed E-state index contributed by atoms with van der Waals surface area (Å²) >= 11 is 1.63. The van der Waals surface area contributed by atoms with Crippen LogP contribution in [0.1, 0.15) is 23.8 Å². The van der Waals surface area contributed by atoms with Gasteiger partial charge in [0.15, 0.2) is 0 Å². The molecule has 4 nitrogen and oxygen atoms in total. The maximum atomic E-state index is 5.70. The van der Waals surface area contributed by atoms with Crippen LogP contribution in [-0.4, -0.2) is 23.4 Å². The molecule has 3 heterocycles. The van der Waals surface area contributed by atoms with Crippen molar-refractivity contribution in [1.29, 1.82) is 0 Å². The van der Waals surface area contributed by atoms with Crippen LogP contribution in [-0.2, 0) is 4.74 Å². The van der Waals surface area contributed by atoms with Crippen molar-refractivity contribution >= 4 is 11.3 Å². The lowest BCUT2D eigenvalue weighted by Crippen LogP contribution is -1.97. The summed E-state index contributed by atoms with van der Waals surface area (Å²) in [5.41, 5.74) is 1.18. The van der Waals surface area contributed by atoms with Gasteiger partial charge in [0, 0.05) is 6.61 Å². The van der Waals surface area contributed by atoms with Crippen LogP contribution in [0.2, 0.25) is 0 Å². The van der Waals surface area contributed by atoms with E-state index in [1.807, 2.05) is 12.3 Å². The molecule has 1 aliphatic heterocycles. The van der Waals surface area contributed by atoms with E-state index in [1.165, 1.54) is 5.56 Å². The molecule has 0 saturated carbocycles. The van der Waals surface area contributed by atoms with Crippen LogP contribution >= 0.6 is 11.3 Å². The second kappa shape index (κ2) is 3.99. The molecule has 0 amide bonds. The number of nitrogens with zero attached hydrogens (tertiary/aromatic N) is 2. The summed E-state index contributed by atoms with van der Waals surface area (Å²) < 4.78 is 11.0. The predicted octanol–water partition coefficient (Wildman–Crippen LogP) is 2.61. The van der Waals surface area contributed by atoms with Crippen molar-refractivity contribution < 1.29 is 9.15 Å². The second-order valence-corrected chi connectivity index (χ2v) is 4.85. The summed E-state index contributed by atoms with van der Waals surface area (Å²) in [6.07, 6.45) is 0.977. The van der Waals surface area contributed by atoms with E-state index in [0.29, 0.717) is 18.4 Å². The lowest BCUT2D eigenvalue weighted by molar-refractivity contribution is 0.191. The quantitative estimate of drug-likeness (QED) is 0.804. The molecular formula is C11H12N2O2S. The lowest BCUT2D eigenvalue weighted by Gasteiger charge is -1.98. The maximum absolute atomic E-state index is 5.70. The van der Waals surface area contributed by atoms with Crippen molar-refractivity contribution in [3.05, 3.63) is 22.9 Å². The Morgan fingerprint density at radius 3 is 3.06 bits per heavy atom. The molecule has 1 aliphatic rings. The molecule has 0 bridgehead atoms. The fourth-order valence-corrected chi connectivity index (χ4v) is 2.66. The Kier molecular flexibility index (Phi) is 2.49. The van der Waals surface area contributed by atoms with E-state index in [9.17, 15) is 0 Å². The summed E-state index contributed by atoms with van der Waals surface area (Å²) in [5, 5.41) is 10.2. The Bertz CT molecular complexity index is 486. The van der Waals surface area contributed by atoms with E-state index >= 15 is 0 Å². The van der Waals surface area contributed by atoms with Gasteiger partial charge >= 0.3 is 0 Å². The van der Waals surface area contributed by atoms with E-state index in [4.69, 9.17) is 9.15 Å². The molecule has 16 heavy (non-hydrogen) atoms. The molecule has 1 saturated heterocycles. The summed E-state index contributed by atoms with van der Waals surface area (Å²) in [6, 6.07) is 2.06. The van der Waals surface area contributed by atoms with Crippen LogP contribution < -0.4 is 0 Å². The highest BCUT2D eigenvalue weighted by Gasteiger charge is 2.24. The van der Waals surface area contributed by atoms with Gasteiger partial charge < -0.3 is 9.15 Å². The fourth-order valence-electron chi connectivity index (χ4n) is 1.81. The van der Waals surface area contributed by atoms with E-state index in [0.717, 1.165) is 17.9 Å². The molecule has 0 aromatic carbocycles. The Hall–Kier alpha value is -1.20. The van der Waals surface area contributed by atoms with Crippen LogP contribution in [0, 0.1) is 6.92 Å². The number of hydrogen-bond acceptors (Lipinski definition) is 5. The molecule has 1 fully saturated rings. The van der Waals surface area contributed by atoms with Gasteiger partial charge in [-0.3, -0.25) is 0 Å². The van der Waals surface area contributed by atoms with Crippen LogP contribution in [0.5, 0.6) is 0 Å². The van der Waals surface area contributed by atoms with Crippen molar-refractivity contribution in [2.45, 2.75) is 19.3 Å². The molecule has 1 atom stereocenters. The van der Waals surface area contributed by atoms with E-state index in [2.05, 4.69) is 16.3 Å². The largest absolute Gasteiger partial charge is 0.420 e. The van der Waals surface area contributed by atoms with Crippen molar-refractivity contribution in [3.63, 3.8) is 0 Å². The Morgan fingerprint density at radius 1 is 1.44 bits per heavy atom. The molecule has 0 radical (unpaired) electrons. The van der Waals surface area contributed by atoms with Crippen molar-refractivity contribution in [3.8, 4) is 10.8 Å². The van der Waals surface area contributed by atoms with Crippen molar-refractivity contribution in [2.24, 2.45) is 0 Å². The zero-order chi connectivity index (χ0) is 11.0. The molecular weight excluding hydrogens is 224 g/mol. The molecule has 5 heteroatoms. The standard InChI is InChI=1S/C11H12N2O2S/c1-7-3-5-16-9(7)11-13-12-10(15-11)8-2-4-14-6-8/h3,5,8H,2,4,6H2,1H3/t8-/m1/s1. The van der Waals surface area contributed by atoms with E-state index < -0.39 is 0 Å². The van der Waals surface area contributed by atoms with Gasteiger partial charge in [-0.1, -0.05) is 0 Å². The van der Waals surface area contributed by atoms with Crippen molar-refractivity contribution in [2.75, 3.05) is 13.2 Å². The van der Waals surface area contributed by atoms with Crippen LogP contribution in [0.3, 0.4) is 0 Å². The number of ether oxygens (including phenoxy) is 1. The first-order valence-corrected chi connectivity index (χ1v) is 6.18. The predicted molar refractivity (Wildman–Crippen MR) is 60.5 cm³/mol. The van der Waals surface area contributed by atoms with Crippen LogP contribution in [0.4, 0.5) is 0 Å². The highest BCUT2D eigenvalue weighted by atomic mass is 32.1. The fraction of sp³-hybridized carbons (Fsp3) is 0.455. The third-order valence-corrected chi connectivity index (χ3v) is 3.78. The number of rotatable bonds is 2. The number of hydrogen-bond donors (Lipinski definition) is 0. The van der Waals surface area contributed by atoms with E-state index in [-0.39, 0.29) is 5.92 Å². The molecule has 3 rings (SSSR count). The first-order valence-electron chi connectivity index (χ1n) is 5.30. The third kappa shape index (κ3) is 1.66. The van der Waals surface area contributed by atoms with Gasteiger partial charge in [-0.15, -0.1) is 21.5 Å². The first-order chi connectivity index (χ1) is 7.84. The Labute approximate surface area is 97.3 Å². The summed E-state index contributed by atoms with van der Waals surface area (Å²) in [5.74, 6) is 1.62. The number of aromatic nitrogens is 2. The normalized spacial score (nSPS) is 20.4. The molecule has 0 unspecified atom stereocenters. The summed E-state index contributed by atoms with van der Waals surface area (Å²) in [4.78, 5) is 1.07. The highest BCUT2D eigenvalue weighted by molar-refractivity contribution is 7.13. The van der Waals surface area contributed by atoms with Crippen LogP contribution in [0.25, 0.3) is 10.8 Å². The smallest absolute Gasteiger partial charge is 0.258 e. The summed E-state index contributed by atoms with van der Waals surface area (Å²) in [7, 11) is 0. The Balaban J connectivity index is 1.90.